The predicted octanol–water partition coefficient (Wildman–Crippen LogP) is 3.18. The Labute approximate surface area is 122 Å². The summed E-state index contributed by atoms with van der Waals surface area (Å²) in [5, 5.41) is 12.7. The topological polar surface area (TPSA) is 49.3 Å². The van der Waals surface area contributed by atoms with Crippen LogP contribution in [0.2, 0.25) is 0 Å². The van der Waals surface area contributed by atoms with E-state index < -0.39 is 5.54 Å². The zero-order valence-electron chi connectivity index (χ0n) is 11.2. The first-order chi connectivity index (χ1) is 9.06. The zero-order chi connectivity index (χ0) is 13.9. The number of aryl methyl sites for hydroxylation is 1. The number of aliphatic hydroxyl groups is 1. The van der Waals surface area contributed by atoms with Crippen LogP contribution in [0, 0.1) is 6.92 Å². The molecular weight excluding hydrogens is 306 g/mol. The molecule has 0 atom stereocenters. The van der Waals surface area contributed by atoms with Gasteiger partial charge in [-0.2, -0.15) is 0 Å². The number of hydrogen-bond acceptors (Lipinski definition) is 2. The minimum atomic E-state index is -0.420. The van der Waals surface area contributed by atoms with Gasteiger partial charge in [0.05, 0.1) is 12.1 Å². The van der Waals surface area contributed by atoms with Crippen LogP contribution in [0.1, 0.15) is 48.0 Å². The van der Waals surface area contributed by atoms with Crippen molar-refractivity contribution in [3.63, 3.8) is 0 Å². The molecule has 0 radical (unpaired) electrons. The van der Waals surface area contributed by atoms with Gasteiger partial charge in [0.15, 0.2) is 0 Å². The molecule has 0 aromatic heterocycles. The Hall–Kier alpha value is -0.870. The Kier molecular flexibility index (Phi) is 4.63. The number of halogens is 1. The van der Waals surface area contributed by atoms with Crippen LogP contribution < -0.4 is 5.32 Å². The van der Waals surface area contributed by atoms with Gasteiger partial charge < -0.3 is 10.4 Å². The maximum atomic E-state index is 12.3. The summed E-state index contributed by atoms with van der Waals surface area (Å²) in [4.78, 5) is 12.3. The molecule has 3 nitrogen and oxygen atoms in total. The van der Waals surface area contributed by atoms with Crippen LogP contribution >= 0.6 is 15.9 Å². The first kappa shape index (κ1) is 14.5. The highest BCUT2D eigenvalue weighted by Crippen LogP contribution is 2.28. The van der Waals surface area contributed by atoms with Crippen LogP contribution in [0.3, 0.4) is 0 Å². The number of carbonyl (C=O) groups is 1. The summed E-state index contributed by atoms with van der Waals surface area (Å²) in [5.74, 6) is -0.0912. The predicted molar refractivity (Wildman–Crippen MR) is 79.2 cm³/mol. The van der Waals surface area contributed by atoms with Crippen molar-refractivity contribution in [3.8, 4) is 0 Å². The second kappa shape index (κ2) is 6.06. The average molecular weight is 326 g/mol. The lowest BCUT2D eigenvalue weighted by Gasteiger charge is -2.36. The molecule has 1 amide bonds. The van der Waals surface area contributed by atoms with Crippen molar-refractivity contribution in [2.45, 2.75) is 44.6 Å². The van der Waals surface area contributed by atoms with Gasteiger partial charge in [-0.05, 0) is 43.5 Å². The molecule has 0 unspecified atom stereocenters. The van der Waals surface area contributed by atoms with E-state index in [1.165, 1.54) is 6.42 Å². The van der Waals surface area contributed by atoms with E-state index in [9.17, 15) is 9.90 Å². The third-order valence-corrected chi connectivity index (χ3v) is 4.80. The van der Waals surface area contributed by atoms with Gasteiger partial charge >= 0.3 is 0 Å². The van der Waals surface area contributed by atoms with Crippen molar-refractivity contribution in [1.29, 1.82) is 0 Å². The van der Waals surface area contributed by atoms with Crippen molar-refractivity contribution in [1.82, 2.24) is 5.32 Å². The first-order valence-electron chi connectivity index (χ1n) is 6.76. The summed E-state index contributed by atoms with van der Waals surface area (Å²) in [7, 11) is 0. The molecule has 1 aromatic carbocycles. The van der Waals surface area contributed by atoms with E-state index >= 15 is 0 Å². The van der Waals surface area contributed by atoms with Crippen molar-refractivity contribution >= 4 is 21.8 Å². The molecule has 0 spiro atoms. The van der Waals surface area contributed by atoms with Crippen LogP contribution in [0.15, 0.2) is 22.7 Å². The van der Waals surface area contributed by atoms with Gasteiger partial charge in [0.25, 0.3) is 5.91 Å². The van der Waals surface area contributed by atoms with E-state index in [1.807, 2.05) is 19.1 Å². The Morgan fingerprint density at radius 2 is 2.05 bits per heavy atom. The normalized spacial score (nSPS) is 18.1. The van der Waals surface area contributed by atoms with Crippen molar-refractivity contribution < 1.29 is 9.90 Å². The molecule has 1 aromatic rings. The lowest BCUT2D eigenvalue weighted by molar-refractivity contribution is 0.0758. The molecular formula is C15H20BrNO2. The quantitative estimate of drug-likeness (QED) is 0.896. The maximum Gasteiger partial charge on any atom is 0.251 e. The number of carbonyl (C=O) groups excluding carboxylic acids is 1. The van der Waals surface area contributed by atoms with Gasteiger partial charge in [-0.25, -0.2) is 0 Å². The molecule has 19 heavy (non-hydrogen) atoms. The number of nitrogens with one attached hydrogen (secondary N) is 1. The van der Waals surface area contributed by atoms with Crippen molar-refractivity contribution in [2.24, 2.45) is 0 Å². The average Bonchev–Trinajstić information content (AvgIpc) is 2.43. The number of rotatable bonds is 3. The molecule has 0 bridgehead atoms. The minimum Gasteiger partial charge on any atom is -0.394 e. The monoisotopic (exact) mass is 325 g/mol. The molecule has 0 heterocycles. The maximum absolute atomic E-state index is 12.3. The molecule has 0 saturated heterocycles. The molecule has 1 aliphatic rings. The first-order valence-corrected chi connectivity index (χ1v) is 7.55. The van der Waals surface area contributed by atoms with Crippen LogP contribution in [-0.2, 0) is 0 Å². The van der Waals surface area contributed by atoms with E-state index in [0.717, 1.165) is 35.7 Å². The van der Waals surface area contributed by atoms with Crippen molar-refractivity contribution in [2.75, 3.05) is 6.61 Å². The molecule has 2 rings (SSSR count). The van der Waals surface area contributed by atoms with E-state index in [-0.39, 0.29) is 12.5 Å². The van der Waals surface area contributed by atoms with Gasteiger partial charge in [0.2, 0.25) is 0 Å². The summed E-state index contributed by atoms with van der Waals surface area (Å²) in [5.41, 5.74) is 1.27. The summed E-state index contributed by atoms with van der Waals surface area (Å²) in [6.45, 7) is 1.98. The second-order valence-corrected chi connectivity index (χ2v) is 6.27. The lowest BCUT2D eigenvalue weighted by atomic mass is 9.82. The Bertz CT molecular complexity index is 467. The minimum absolute atomic E-state index is 0.0221. The van der Waals surface area contributed by atoms with Crippen LogP contribution in [-0.4, -0.2) is 23.2 Å². The molecule has 1 fully saturated rings. The summed E-state index contributed by atoms with van der Waals surface area (Å²) in [6.07, 6.45) is 5.06. The van der Waals surface area contributed by atoms with Gasteiger partial charge in [-0.3, -0.25) is 4.79 Å². The lowest BCUT2D eigenvalue weighted by Crippen LogP contribution is -2.52. The Morgan fingerprint density at radius 3 is 2.63 bits per heavy atom. The third-order valence-electron chi connectivity index (χ3n) is 3.91. The second-order valence-electron chi connectivity index (χ2n) is 5.42. The fourth-order valence-corrected chi connectivity index (χ4v) is 2.90. The third kappa shape index (κ3) is 3.37. The van der Waals surface area contributed by atoms with E-state index in [2.05, 4.69) is 21.2 Å². The number of benzene rings is 1. The standard InChI is InChI=1S/C15H20BrNO2/c1-11-9-12(5-6-13(11)16)14(19)17-15(10-18)7-3-2-4-8-15/h5-6,9,18H,2-4,7-8,10H2,1H3,(H,17,19). The highest BCUT2D eigenvalue weighted by Gasteiger charge is 2.33. The summed E-state index contributed by atoms with van der Waals surface area (Å²) >= 11 is 3.43. The number of aliphatic hydroxyl groups excluding tert-OH is 1. The highest BCUT2D eigenvalue weighted by atomic mass is 79.9. The highest BCUT2D eigenvalue weighted by molar-refractivity contribution is 9.10. The van der Waals surface area contributed by atoms with E-state index in [4.69, 9.17) is 0 Å². The van der Waals surface area contributed by atoms with Gasteiger partial charge in [0.1, 0.15) is 0 Å². The van der Waals surface area contributed by atoms with Gasteiger partial charge in [-0.1, -0.05) is 35.2 Å². The largest absolute Gasteiger partial charge is 0.394 e. The zero-order valence-corrected chi connectivity index (χ0v) is 12.8. The molecule has 104 valence electrons. The van der Waals surface area contributed by atoms with E-state index in [1.54, 1.807) is 6.07 Å². The Balaban J connectivity index is 2.12. The van der Waals surface area contributed by atoms with Gasteiger partial charge in [-0.15, -0.1) is 0 Å². The molecule has 4 heteroatoms. The van der Waals surface area contributed by atoms with Crippen LogP contribution in [0.5, 0.6) is 0 Å². The molecule has 0 aliphatic heterocycles. The summed E-state index contributed by atoms with van der Waals surface area (Å²) in [6, 6.07) is 5.56. The number of amides is 1. The molecule has 1 saturated carbocycles. The van der Waals surface area contributed by atoms with E-state index in [0.29, 0.717) is 5.56 Å². The fraction of sp³-hybridized carbons (Fsp3) is 0.533. The molecule has 1 aliphatic carbocycles. The van der Waals surface area contributed by atoms with Crippen LogP contribution in [0.25, 0.3) is 0 Å². The fourth-order valence-electron chi connectivity index (χ4n) is 2.65. The smallest absolute Gasteiger partial charge is 0.251 e. The van der Waals surface area contributed by atoms with Gasteiger partial charge in [0, 0.05) is 10.0 Å². The Morgan fingerprint density at radius 1 is 1.37 bits per heavy atom. The van der Waals surface area contributed by atoms with Crippen molar-refractivity contribution in [3.05, 3.63) is 33.8 Å². The summed E-state index contributed by atoms with van der Waals surface area (Å²) < 4.78 is 0.999. The number of hydrogen-bond donors (Lipinski definition) is 2. The van der Waals surface area contributed by atoms with Crippen LogP contribution in [0.4, 0.5) is 0 Å². The SMILES string of the molecule is Cc1cc(C(=O)NC2(CO)CCCCC2)ccc1Br. The molecule has 2 N–H and O–H groups in total.